The van der Waals surface area contributed by atoms with Crippen molar-refractivity contribution in [2.24, 2.45) is 0 Å². The normalized spacial score (nSPS) is 14.9. The van der Waals surface area contributed by atoms with Crippen LogP contribution in [0.15, 0.2) is 18.2 Å². The van der Waals surface area contributed by atoms with E-state index in [0.29, 0.717) is 0 Å². The zero-order valence-electron chi connectivity index (χ0n) is 8.40. The van der Waals surface area contributed by atoms with E-state index in [-0.39, 0.29) is 0 Å². The summed E-state index contributed by atoms with van der Waals surface area (Å²) in [5.41, 5.74) is 2.85. The van der Waals surface area contributed by atoms with Crippen molar-refractivity contribution < 1.29 is 0 Å². The summed E-state index contributed by atoms with van der Waals surface area (Å²) in [7, 11) is 0. The van der Waals surface area contributed by atoms with Gasteiger partial charge in [-0.3, -0.25) is 0 Å². The van der Waals surface area contributed by atoms with Crippen molar-refractivity contribution in [3.8, 4) is 6.07 Å². The Morgan fingerprint density at radius 2 is 2.27 bits per heavy atom. The maximum Gasteiger partial charge on any atom is 0.109 e. The molecule has 2 aromatic rings. The lowest BCUT2D eigenvalue weighted by Gasteiger charge is -2.13. The summed E-state index contributed by atoms with van der Waals surface area (Å²) in [6.07, 6.45) is 3.51. The Hall–Kier alpha value is -1.82. The molecule has 0 unspecified atom stereocenters. The molecule has 0 fully saturated rings. The monoisotopic (exact) mass is 197 g/mol. The number of aryl methyl sites for hydroxylation is 2. The van der Waals surface area contributed by atoms with Gasteiger partial charge in [0.2, 0.25) is 0 Å². The largest absolute Gasteiger partial charge is 0.328 e. The van der Waals surface area contributed by atoms with E-state index in [1.807, 2.05) is 18.2 Å². The van der Waals surface area contributed by atoms with Crippen LogP contribution in [0.5, 0.6) is 0 Å². The average molecular weight is 197 g/mol. The third-order valence-electron chi connectivity index (χ3n) is 2.99. The summed E-state index contributed by atoms with van der Waals surface area (Å²) in [5.74, 6) is 1.17. The Bertz CT molecular complexity index is 560. The first-order chi connectivity index (χ1) is 7.38. The Labute approximate surface area is 88.0 Å². The molecule has 0 radical (unpaired) electrons. The van der Waals surface area contributed by atoms with Gasteiger partial charge in [-0.15, -0.1) is 0 Å². The van der Waals surface area contributed by atoms with Gasteiger partial charge in [-0.2, -0.15) is 5.26 Å². The van der Waals surface area contributed by atoms with Gasteiger partial charge in [-0.05, 0) is 31.0 Å². The van der Waals surface area contributed by atoms with E-state index in [1.54, 1.807) is 0 Å². The van der Waals surface area contributed by atoms with Crippen molar-refractivity contribution in [2.75, 3.05) is 0 Å². The molecule has 0 N–H and O–H groups in total. The van der Waals surface area contributed by atoms with Gasteiger partial charge >= 0.3 is 0 Å². The number of nitrogens with zero attached hydrogens (tertiary/aromatic N) is 3. The molecule has 1 aliphatic rings. The van der Waals surface area contributed by atoms with Crippen LogP contribution in [0.25, 0.3) is 11.0 Å². The van der Waals surface area contributed by atoms with Crippen LogP contribution in [0, 0.1) is 11.3 Å². The maximum atomic E-state index is 8.86. The van der Waals surface area contributed by atoms with Crippen LogP contribution >= 0.6 is 0 Å². The van der Waals surface area contributed by atoms with Crippen molar-refractivity contribution in [1.82, 2.24) is 9.55 Å². The summed E-state index contributed by atoms with van der Waals surface area (Å²) in [5, 5.41) is 8.86. The van der Waals surface area contributed by atoms with Gasteiger partial charge in [0, 0.05) is 13.0 Å². The average Bonchev–Trinajstić information content (AvgIpc) is 2.66. The molecule has 1 aliphatic heterocycles. The lowest BCUT2D eigenvalue weighted by atomic mass is 10.1. The number of hydrogen-bond donors (Lipinski definition) is 0. The SMILES string of the molecule is N#Cc1ccc2nc3n(c2c1)CCCC3. The topological polar surface area (TPSA) is 41.6 Å². The zero-order valence-corrected chi connectivity index (χ0v) is 8.40. The summed E-state index contributed by atoms with van der Waals surface area (Å²) in [6.45, 7) is 1.04. The van der Waals surface area contributed by atoms with Crippen molar-refractivity contribution in [1.29, 1.82) is 5.26 Å². The second-order valence-electron chi connectivity index (χ2n) is 3.95. The summed E-state index contributed by atoms with van der Waals surface area (Å²) in [6, 6.07) is 7.89. The predicted molar refractivity (Wildman–Crippen MR) is 57.4 cm³/mol. The molecule has 3 heteroatoms. The summed E-state index contributed by atoms with van der Waals surface area (Å²) < 4.78 is 2.25. The van der Waals surface area contributed by atoms with Crippen LogP contribution in [-0.2, 0) is 13.0 Å². The Balaban J connectivity index is 2.30. The van der Waals surface area contributed by atoms with Crippen molar-refractivity contribution in [3.05, 3.63) is 29.6 Å². The second kappa shape index (κ2) is 3.09. The molecular weight excluding hydrogens is 186 g/mol. The molecule has 3 rings (SSSR count). The number of rotatable bonds is 0. The summed E-state index contributed by atoms with van der Waals surface area (Å²) in [4.78, 5) is 4.58. The molecule has 0 saturated carbocycles. The zero-order chi connectivity index (χ0) is 10.3. The van der Waals surface area contributed by atoms with Crippen LogP contribution in [-0.4, -0.2) is 9.55 Å². The van der Waals surface area contributed by atoms with E-state index < -0.39 is 0 Å². The lowest BCUT2D eigenvalue weighted by Crippen LogP contribution is -2.09. The number of imidazole rings is 1. The van der Waals surface area contributed by atoms with E-state index in [1.165, 1.54) is 18.7 Å². The standard InChI is InChI=1S/C12H11N3/c13-8-9-4-5-10-11(7-9)15-6-2-1-3-12(15)14-10/h4-5,7H,1-3,6H2. The molecule has 0 aliphatic carbocycles. The highest BCUT2D eigenvalue weighted by molar-refractivity contribution is 5.77. The van der Waals surface area contributed by atoms with Gasteiger partial charge in [-0.25, -0.2) is 4.98 Å². The third-order valence-corrected chi connectivity index (χ3v) is 2.99. The number of benzene rings is 1. The van der Waals surface area contributed by atoms with E-state index in [9.17, 15) is 0 Å². The molecule has 1 aromatic carbocycles. The number of nitriles is 1. The van der Waals surface area contributed by atoms with Crippen molar-refractivity contribution >= 4 is 11.0 Å². The number of hydrogen-bond acceptors (Lipinski definition) is 2. The highest BCUT2D eigenvalue weighted by atomic mass is 15.1. The molecule has 1 aromatic heterocycles. The van der Waals surface area contributed by atoms with E-state index >= 15 is 0 Å². The van der Waals surface area contributed by atoms with Gasteiger partial charge < -0.3 is 4.57 Å². The Kier molecular flexibility index (Phi) is 1.75. The van der Waals surface area contributed by atoms with Gasteiger partial charge in [0.25, 0.3) is 0 Å². The molecular formula is C12H11N3. The third kappa shape index (κ3) is 1.22. The van der Waals surface area contributed by atoms with Crippen LogP contribution in [0.3, 0.4) is 0 Å². The Morgan fingerprint density at radius 3 is 3.13 bits per heavy atom. The second-order valence-corrected chi connectivity index (χ2v) is 3.95. The predicted octanol–water partition coefficient (Wildman–Crippen LogP) is 2.24. The fourth-order valence-corrected chi connectivity index (χ4v) is 2.24. The van der Waals surface area contributed by atoms with E-state index in [2.05, 4.69) is 15.6 Å². The van der Waals surface area contributed by atoms with Gasteiger partial charge in [0.05, 0.1) is 22.7 Å². The maximum absolute atomic E-state index is 8.86. The Morgan fingerprint density at radius 1 is 1.33 bits per heavy atom. The van der Waals surface area contributed by atoms with E-state index in [0.717, 1.165) is 29.6 Å². The van der Waals surface area contributed by atoms with Crippen molar-refractivity contribution in [3.63, 3.8) is 0 Å². The first-order valence-corrected chi connectivity index (χ1v) is 5.28. The molecule has 0 bridgehead atoms. The first kappa shape index (κ1) is 8.49. The highest BCUT2D eigenvalue weighted by Crippen LogP contribution is 2.22. The minimum atomic E-state index is 0.718. The molecule has 0 saturated heterocycles. The highest BCUT2D eigenvalue weighted by Gasteiger charge is 2.14. The van der Waals surface area contributed by atoms with Gasteiger partial charge in [0.15, 0.2) is 0 Å². The lowest BCUT2D eigenvalue weighted by molar-refractivity contribution is 0.533. The van der Waals surface area contributed by atoms with Crippen LogP contribution in [0.1, 0.15) is 24.2 Å². The fourth-order valence-electron chi connectivity index (χ4n) is 2.24. The molecule has 0 spiro atoms. The van der Waals surface area contributed by atoms with Crippen LogP contribution < -0.4 is 0 Å². The molecule has 2 heterocycles. The molecule has 0 atom stereocenters. The van der Waals surface area contributed by atoms with Crippen LogP contribution in [0.2, 0.25) is 0 Å². The fraction of sp³-hybridized carbons (Fsp3) is 0.333. The quantitative estimate of drug-likeness (QED) is 0.650. The van der Waals surface area contributed by atoms with Gasteiger partial charge in [-0.1, -0.05) is 0 Å². The van der Waals surface area contributed by atoms with Crippen LogP contribution in [0.4, 0.5) is 0 Å². The smallest absolute Gasteiger partial charge is 0.109 e. The number of aromatic nitrogens is 2. The minimum absolute atomic E-state index is 0.718. The molecule has 0 amide bonds. The minimum Gasteiger partial charge on any atom is -0.328 e. The number of fused-ring (bicyclic) bond motifs is 3. The van der Waals surface area contributed by atoms with Crippen molar-refractivity contribution in [2.45, 2.75) is 25.8 Å². The van der Waals surface area contributed by atoms with E-state index in [4.69, 9.17) is 5.26 Å². The molecule has 74 valence electrons. The van der Waals surface area contributed by atoms with Gasteiger partial charge in [0.1, 0.15) is 5.82 Å². The summed E-state index contributed by atoms with van der Waals surface area (Å²) >= 11 is 0. The first-order valence-electron chi connectivity index (χ1n) is 5.28. The molecule has 3 nitrogen and oxygen atoms in total. The molecule has 15 heavy (non-hydrogen) atoms.